The van der Waals surface area contributed by atoms with Gasteiger partial charge < -0.3 is 13.7 Å². The van der Waals surface area contributed by atoms with Gasteiger partial charge in [-0.25, -0.2) is 4.98 Å². The molecule has 8 aromatic carbocycles. The topological polar surface area (TPSA) is 42.4 Å². The first-order valence-corrected chi connectivity index (χ1v) is 19.1. The van der Waals surface area contributed by atoms with Gasteiger partial charge in [-0.15, -0.1) is 0 Å². The fraction of sp³-hybridized carbons (Fsp3) is 0.0577. The Labute approximate surface area is 324 Å². The Morgan fingerprint density at radius 2 is 0.982 bits per heavy atom. The van der Waals surface area contributed by atoms with E-state index in [1.807, 2.05) is 42.5 Å². The summed E-state index contributed by atoms with van der Waals surface area (Å²) in [4.78, 5) is 7.12. The molecule has 11 rings (SSSR count). The summed E-state index contributed by atoms with van der Waals surface area (Å²) in [6.07, 6.45) is 0. The molecule has 0 bridgehead atoms. The molecule has 1 aliphatic carbocycles. The zero-order valence-corrected chi connectivity index (χ0v) is 31.0. The first-order chi connectivity index (χ1) is 27.5. The minimum Gasteiger partial charge on any atom is -0.456 e. The quantitative estimate of drug-likeness (QED) is 0.171. The van der Waals surface area contributed by atoms with E-state index in [1.54, 1.807) is 0 Å². The first-order valence-electron chi connectivity index (χ1n) is 19.1. The van der Waals surface area contributed by atoms with Crippen LogP contribution in [0.25, 0.3) is 77.9 Å². The number of rotatable bonds is 6. The molecule has 0 saturated heterocycles. The maximum absolute atomic E-state index is 6.44. The third kappa shape index (κ3) is 5.18. The summed E-state index contributed by atoms with van der Waals surface area (Å²) >= 11 is 0. The van der Waals surface area contributed by atoms with Crippen LogP contribution in [0.1, 0.15) is 25.0 Å². The van der Waals surface area contributed by atoms with Gasteiger partial charge in [-0.2, -0.15) is 0 Å². The molecule has 0 fully saturated rings. The minimum absolute atomic E-state index is 0.0527. The highest BCUT2D eigenvalue weighted by Gasteiger charge is 2.35. The molecule has 266 valence electrons. The number of fused-ring (bicyclic) bond motifs is 7. The van der Waals surface area contributed by atoms with Gasteiger partial charge in [0.05, 0.1) is 0 Å². The van der Waals surface area contributed by atoms with E-state index in [2.05, 4.69) is 158 Å². The van der Waals surface area contributed by atoms with E-state index in [1.165, 1.54) is 33.4 Å². The summed E-state index contributed by atoms with van der Waals surface area (Å²) < 4.78 is 12.6. The zero-order valence-electron chi connectivity index (χ0n) is 31.0. The Kier molecular flexibility index (Phi) is 7.17. The van der Waals surface area contributed by atoms with E-state index in [4.69, 9.17) is 13.8 Å². The van der Waals surface area contributed by atoms with Gasteiger partial charge in [-0.3, -0.25) is 0 Å². The van der Waals surface area contributed by atoms with E-state index in [-0.39, 0.29) is 5.41 Å². The summed E-state index contributed by atoms with van der Waals surface area (Å²) in [5.41, 5.74) is 17.3. The Balaban J connectivity index is 0.965. The maximum Gasteiger partial charge on any atom is 0.227 e. The lowest BCUT2D eigenvalue weighted by Gasteiger charge is -2.27. The lowest BCUT2D eigenvalue weighted by molar-refractivity contribution is 0.620. The predicted molar refractivity (Wildman–Crippen MR) is 230 cm³/mol. The molecule has 1 aliphatic rings. The lowest BCUT2D eigenvalue weighted by Crippen LogP contribution is -2.15. The number of hydrogen-bond acceptors (Lipinski definition) is 4. The van der Waals surface area contributed by atoms with Crippen LogP contribution in [0, 0.1) is 0 Å². The summed E-state index contributed by atoms with van der Waals surface area (Å²) in [6, 6.07) is 64.5. The molecular weight excluding hydrogens is 685 g/mol. The van der Waals surface area contributed by atoms with Crippen molar-refractivity contribution < 1.29 is 8.83 Å². The number of oxazole rings is 1. The van der Waals surface area contributed by atoms with Crippen LogP contribution in [-0.4, -0.2) is 4.98 Å². The summed E-state index contributed by atoms with van der Waals surface area (Å²) in [5, 5.41) is 2.06. The molecule has 0 aliphatic heterocycles. The largest absolute Gasteiger partial charge is 0.456 e. The van der Waals surface area contributed by atoms with Gasteiger partial charge in [0, 0.05) is 44.9 Å². The van der Waals surface area contributed by atoms with E-state index in [0.717, 1.165) is 66.8 Å². The van der Waals surface area contributed by atoms with E-state index < -0.39 is 0 Å². The fourth-order valence-corrected chi connectivity index (χ4v) is 8.61. The van der Waals surface area contributed by atoms with Crippen LogP contribution < -0.4 is 4.90 Å². The monoisotopic (exact) mass is 720 g/mol. The molecule has 0 atom stereocenters. The van der Waals surface area contributed by atoms with Gasteiger partial charge in [-0.1, -0.05) is 123 Å². The van der Waals surface area contributed by atoms with Crippen molar-refractivity contribution >= 4 is 50.1 Å². The van der Waals surface area contributed by atoms with Crippen LogP contribution in [0.2, 0.25) is 0 Å². The normalized spacial score (nSPS) is 13.0. The van der Waals surface area contributed by atoms with E-state index in [9.17, 15) is 0 Å². The van der Waals surface area contributed by atoms with Gasteiger partial charge >= 0.3 is 0 Å². The predicted octanol–water partition coefficient (Wildman–Crippen LogP) is 14.5. The molecular formula is C52H36N2O2. The van der Waals surface area contributed by atoms with Crippen LogP contribution in [0.4, 0.5) is 17.1 Å². The van der Waals surface area contributed by atoms with Crippen molar-refractivity contribution in [3.63, 3.8) is 0 Å². The van der Waals surface area contributed by atoms with Crippen LogP contribution in [0.5, 0.6) is 0 Å². The molecule has 0 unspecified atom stereocenters. The average molecular weight is 721 g/mol. The second-order valence-corrected chi connectivity index (χ2v) is 15.2. The van der Waals surface area contributed by atoms with Crippen molar-refractivity contribution in [2.75, 3.05) is 4.90 Å². The molecule has 10 aromatic rings. The number of nitrogens with zero attached hydrogens (tertiary/aromatic N) is 2. The van der Waals surface area contributed by atoms with E-state index >= 15 is 0 Å². The third-order valence-electron chi connectivity index (χ3n) is 11.5. The molecule has 2 heterocycles. The number of aromatic nitrogens is 1. The second kappa shape index (κ2) is 12.4. The van der Waals surface area contributed by atoms with Crippen molar-refractivity contribution in [2.45, 2.75) is 19.3 Å². The van der Waals surface area contributed by atoms with Gasteiger partial charge in [0.1, 0.15) is 16.7 Å². The fourth-order valence-electron chi connectivity index (χ4n) is 8.61. The number of anilines is 3. The van der Waals surface area contributed by atoms with E-state index in [0.29, 0.717) is 5.89 Å². The summed E-state index contributed by atoms with van der Waals surface area (Å²) in [6.45, 7) is 4.66. The van der Waals surface area contributed by atoms with Crippen molar-refractivity contribution in [1.82, 2.24) is 4.98 Å². The van der Waals surface area contributed by atoms with Gasteiger partial charge in [0.25, 0.3) is 0 Å². The summed E-state index contributed by atoms with van der Waals surface area (Å²) in [7, 11) is 0. The molecule has 4 heteroatoms. The Bertz CT molecular complexity index is 3080. The van der Waals surface area contributed by atoms with Gasteiger partial charge in [0.15, 0.2) is 5.58 Å². The molecule has 4 nitrogen and oxygen atoms in total. The molecule has 0 N–H and O–H groups in total. The van der Waals surface area contributed by atoms with Crippen LogP contribution in [0.3, 0.4) is 0 Å². The van der Waals surface area contributed by atoms with Crippen LogP contribution in [-0.2, 0) is 5.41 Å². The second-order valence-electron chi connectivity index (χ2n) is 15.2. The Morgan fingerprint density at radius 1 is 0.411 bits per heavy atom. The molecule has 0 saturated carbocycles. The average Bonchev–Trinajstić information content (AvgIpc) is 3.90. The molecule has 0 spiro atoms. The highest BCUT2D eigenvalue weighted by atomic mass is 16.4. The molecule has 2 aromatic heterocycles. The van der Waals surface area contributed by atoms with Crippen LogP contribution in [0.15, 0.2) is 191 Å². The minimum atomic E-state index is -0.0527. The maximum atomic E-state index is 6.44. The van der Waals surface area contributed by atoms with Crippen molar-refractivity contribution in [3.05, 3.63) is 193 Å². The SMILES string of the molecule is CC1(C)c2ccccc2-c2cc(N(c3ccc(-c4ccccc4)cc3)c3ccc(-c4ccc5c(c4)oc4cc6nc(-c7ccccc7)oc6cc45)cc3)ccc21. The highest BCUT2D eigenvalue weighted by molar-refractivity contribution is 6.09. The Hall–Kier alpha value is -7.17. The smallest absolute Gasteiger partial charge is 0.227 e. The number of furan rings is 1. The third-order valence-corrected chi connectivity index (χ3v) is 11.5. The summed E-state index contributed by atoms with van der Waals surface area (Å²) in [5.74, 6) is 0.608. The van der Waals surface area contributed by atoms with Crippen molar-refractivity contribution in [1.29, 1.82) is 0 Å². The Morgan fingerprint density at radius 3 is 1.71 bits per heavy atom. The number of benzene rings is 8. The van der Waals surface area contributed by atoms with Gasteiger partial charge in [0.2, 0.25) is 5.89 Å². The standard InChI is InChI=1S/C52H36N2O2/c1-52(2)45-16-10-9-15-41(45)43-30-40(26-28-46(43)52)54(38-22-17-34(18-23-38)33-11-5-3-6-12-33)39-24-19-35(20-25-39)37-21-27-42-44-31-50-47(32-49(44)55-48(42)29-37)53-51(56-50)36-13-7-4-8-14-36/h3-32H,1-2H3. The van der Waals surface area contributed by atoms with Crippen LogP contribution >= 0.6 is 0 Å². The highest BCUT2D eigenvalue weighted by Crippen LogP contribution is 2.50. The lowest BCUT2D eigenvalue weighted by atomic mass is 9.82. The molecule has 0 amide bonds. The molecule has 0 radical (unpaired) electrons. The molecule has 56 heavy (non-hydrogen) atoms. The zero-order chi connectivity index (χ0) is 37.4. The van der Waals surface area contributed by atoms with Gasteiger partial charge in [-0.05, 0) is 111 Å². The van der Waals surface area contributed by atoms with Crippen molar-refractivity contribution in [3.8, 4) is 44.8 Å². The van der Waals surface area contributed by atoms with Crippen molar-refractivity contribution in [2.24, 2.45) is 0 Å². The number of hydrogen-bond donors (Lipinski definition) is 0. The first kappa shape index (κ1) is 32.3.